The molecule has 1 aliphatic heterocycles. The molecule has 2 aliphatic rings. The normalized spacial score (nSPS) is 17.9. The Kier molecular flexibility index (Phi) is 2.90. The van der Waals surface area contributed by atoms with Crippen LogP contribution in [0.25, 0.3) is 0 Å². The highest BCUT2D eigenvalue weighted by Crippen LogP contribution is 2.39. The standard InChI is InChI=1S/C15H15F2N3O/c16-10-6-12(17)11-2-1-5-20(13(11)7-10)8-14-18-19-15(21-14)9-3-4-9/h6-7,9H,1-5,8H2. The van der Waals surface area contributed by atoms with E-state index in [1.54, 1.807) is 0 Å². The van der Waals surface area contributed by atoms with Crippen molar-refractivity contribution in [3.63, 3.8) is 0 Å². The fourth-order valence-electron chi connectivity index (χ4n) is 2.84. The summed E-state index contributed by atoms with van der Waals surface area (Å²) in [6, 6.07) is 2.33. The molecule has 0 atom stereocenters. The number of fused-ring (bicyclic) bond motifs is 1. The van der Waals surface area contributed by atoms with Gasteiger partial charge in [-0.15, -0.1) is 10.2 Å². The molecule has 4 nitrogen and oxygen atoms in total. The molecule has 6 heteroatoms. The molecule has 1 saturated carbocycles. The molecule has 21 heavy (non-hydrogen) atoms. The van der Waals surface area contributed by atoms with Crippen LogP contribution in [-0.2, 0) is 13.0 Å². The summed E-state index contributed by atoms with van der Waals surface area (Å²) in [6.07, 6.45) is 3.67. The van der Waals surface area contributed by atoms with Gasteiger partial charge in [-0.2, -0.15) is 0 Å². The van der Waals surface area contributed by atoms with E-state index in [4.69, 9.17) is 4.42 Å². The van der Waals surface area contributed by atoms with E-state index in [9.17, 15) is 8.78 Å². The molecular weight excluding hydrogens is 276 g/mol. The Labute approximate surface area is 120 Å². The van der Waals surface area contributed by atoms with Crippen molar-refractivity contribution in [1.82, 2.24) is 10.2 Å². The minimum atomic E-state index is -0.553. The lowest BCUT2D eigenvalue weighted by Gasteiger charge is -2.30. The first-order valence-electron chi connectivity index (χ1n) is 7.26. The summed E-state index contributed by atoms with van der Waals surface area (Å²) in [4.78, 5) is 1.91. The Morgan fingerprint density at radius 3 is 2.90 bits per heavy atom. The van der Waals surface area contributed by atoms with Crippen molar-refractivity contribution in [2.75, 3.05) is 11.4 Å². The first-order chi connectivity index (χ1) is 10.2. The Bertz CT molecular complexity index is 682. The fraction of sp³-hybridized carbons (Fsp3) is 0.467. The van der Waals surface area contributed by atoms with Crippen LogP contribution in [0.2, 0.25) is 0 Å². The van der Waals surface area contributed by atoms with Gasteiger partial charge >= 0.3 is 0 Å². The van der Waals surface area contributed by atoms with Crippen molar-refractivity contribution < 1.29 is 13.2 Å². The van der Waals surface area contributed by atoms with Gasteiger partial charge in [0, 0.05) is 29.8 Å². The lowest BCUT2D eigenvalue weighted by molar-refractivity contribution is 0.442. The third-order valence-corrected chi connectivity index (χ3v) is 4.07. The van der Waals surface area contributed by atoms with Crippen LogP contribution in [0.5, 0.6) is 0 Å². The number of anilines is 1. The van der Waals surface area contributed by atoms with Crippen LogP contribution in [0.1, 0.15) is 42.5 Å². The summed E-state index contributed by atoms with van der Waals surface area (Å²) < 4.78 is 32.9. The molecule has 0 saturated heterocycles. The van der Waals surface area contributed by atoms with Crippen LogP contribution in [0.3, 0.4) is 0 Å². The monoisotopic (exact) mass is 291 g/mol. The number of benzene rings is 1. The molecule has 2 heterocycles. The molecule has 0 N–H and O–H groups in total. The molecule has 0 amide bonds. The van der Waals surface area contributed by atoms with E-state index >= 15 is 0 Å². The predicted molar refractivity (Wildman–Crippen MR) is 72.0 cm³/mol. The first-order valence-corrected chi connectivity index (χ1v) is 7.26. The Balaban J connectivity index is 1.61. The minimum Gasteiger partial charge on any atom is -0.423 e. The highest BCUT2D eigenvalue weighted by molar-refractivity contribution is 5.56. The van der Waals surface area contributed by atoms with E-state index in [0.29, 0.717) is 41.9 Å². The molecule has 0 spiro atoms. The second kappa shape index (κ2) is 4.79. The summed E-state index contributed by atoms with van der Waals surface area (Å²) in [5, 5.41) is 8.09. The lowest BCUT2D eigenvalue weighted by atomic mass is 10.0. The van der Waals surface area contributed by atoms with Gasteiger partial charge in [-0.05, 0) is 31.7 Å². The summed E-state index contributed by atoms with van der Waals surface area (Å²) in [5.74, 6) is 0.582. The number of rotatable bonds is 3. The molecule has 4 rings (SSSR count). The highest BCUT2D eigenvalue weighted by atomic mass is 19.1. The largest absolute Gasteiger partial charge is 0.423 e. The number of aromatic nitrogens is 2. The average molecular weight is 291 g/mol. The minimum absolute atomic E-state index is 0.398. The van der Waals surface area contributed by atoms with E-state index < -0.39 is 11.6 Å². The van der Waals surface area contributed by atoms with E-state index in [2.05, 4.69) is 10.2 Å². The van der Waals surface area contributed by atoms with Crippen LogP contribution in [0.4, 0.5) is 14.5 Å². The van der Waals surface area contributed by atoms with Crippen molar-refractivity contribution in [1.29, 1.82) is 0 Å². The molecule has 1 fully saturated rings. The molecular formula is C15H15F2N3O. The zero-order valence-electron chi connectivity index (χ0n) is 11.5. The van der Waals surface area contributed by atoms with E-state index in [-0.39, 0.29) is 0 Å². The zero-order valence-corrected chi connectivity index (χ0v) is 11.5. The Morgan fingerprint density at radius 2 is 2.10 bits per heavy atom. The van der Waals surface area contributed by atoms with Gasteiger partial charge in [-0.1, -0.05) is 0 Å². The van der Waals surface area contributed by atoms with Crippen LogP contribution >= 0.6 is 0 Å². The molecule has 1 aromatic heterocycles. The van der Waals surface area contributed by atoms with Crippen LogP contribution in [-0.4, -0.2) is 16.7 Å². The van der Waals surface area contributed by atoms with E-state index in [1.807, 2.05) is 4.90 Å². The van der Waals surface area contributed by atoms with Gasteiger partial charge in [0.2, 0.25) is 11.8 Å². The third-order valence-electron chi connectivity index (χ3n) is 4.07. The molecule has 2 aromatic rings. The SMILES string of the molecule is Fc1cc(F)c2c(c1)N(Cc1nnc(C3CC3)o1)CCC2. The van der Waals surface area contributed by atoms with Crippen LogP contribution < -0.4 is 4.90 Å². The summed E-state index contributed by atoms with van der Waals surface area (Å²) >= 11 is 0. The number of halogens is 2. The summed E-state index contributed by atoms with van der Waals surface area (Å²) in [6.45, 7) is 1.13. The number of hydrogen-bond donors (Lipinski definition) is 0. The second-order valence-corrected chi connectivity index (χ2v) is 5.72. The molecule has 0 bridgehead atoms. The fourth-order valence-corrected chi connectivity index (χ4v) is 2.84. The maximum atomic E-state index is 13.8. The van der Waals surface area contributed by atoms with E-state index in [1.165, 1.54) is 6.07 Å². The van der Waals surface area contributed by atoms with Gasteiger partial charge in [0.1, 0.15) is 11.6 Å². The van der Waals surface area contributed by atoms with Gasteiger partial charge < -0.3 is 9.32 Å². The smallest absolute Gasteiger partial charge is 0.235 e. The molecule has 1 aromatic carbocycles. The number of hydrogen-bond acceptors (Lipinski definition) is 4. The van der Waals surface area contributed by atoms with Crippen LogP contribution in [0.15, 0.2) is 16.5 Å². The quantitative estimate of drug-likeness (QED) is 0.871. The van der Waals surface area contributed by atoms with Crippen molar-refractivity contribution in [2.24, 2.45) is 0 Å². The van der Waals surface area contributed by atoms with Gasteiger partial charge in [0.25, 0.3) is 0 Å². The van der Waals surface area contributed by atoms with Crippen molar-refractivity contribution in [3.05, 3.63) is 41.1 Å². The molecule has 0 unspecified atom stereocenters. The zero-order chi connectivity index (χ0) is 14.4. The highest BCUT2D eigenvalue weighted by Gasteiger charge is 2.30. The predicted octanol–water partition coefficient (Wildman–Crippen LogP) is 3.18. The van der Waals surface area contributed by atoms with Gasteiger partial charge in [0.15, 0.2) is 0 Å². The Hall–Kier alpha value is -1.98. The molecule has 110 valence electrons. The maximum Gasteiger partial charge on any atom is 0.235 e. The van der Waals surface area contributed by atoms with Crippen LogP contribution in [0, 0.1) is 11.6 Å². The summed E-state index contributed by atoms with van der Waals surface area (Å²) in [7, 11) is 0. The topological polar surface area (TPSA) is 42.2 Å². The Morgan fingerprint density at radius 1 is 1.24 bits per heavy atom. The lowest BCUT2D eigenvalue weighted by Crippen LogP contribution is -2.29. The number of nitrogens with zero attached hydrogens (tertiary/aromatic N) is 3. The average Bonchev–Trinajstić information content (AvgIpc) is 3.20. The second-order valence-electron chi connectivity index (χ2n) is 5.72. The maximum absolute atomic E-state index is 13.8. The summed E-state index contributed by atoms with van der Waals surface area (Å²) in [5.41, 5.74) is 1.18. The molecule has 1 aliphatic carbocycles. The van der Waals surface area contributed by atoms with E-state index in [0.717, 1.165) is 31.9 Å². The van der Waals surface area contributed by atoms with Crippen molar-refractivity contribution in [2.45, 2.75) is 38.1 Å². The van der Waals surface area contributed by atoms with Gasteiger partial charge in [-0.25, -0.2) is 8.78 Å². The van der Waals surface area contributed by atoms with Gasteiger partial charge in [0.05, 0.1) is 6.54 Å². The first kappa shape index (κ1) is 12.7. The van der Waals surface area contributed by atoms with Gasteiger partial charge in [-0.3, -0.25) is 0 Å². The third kappa shape index (κ3) is 2.39. The van der Waals surface area contributed by atoms with Crippen molar-refractivity contribution >= 4 is 5.69 Å². The van der Waals surface area contributed by atoms with Crippen molar-refractivity contribution in [3.8, 4) is 0 Å². The molecule has 0 radical (unpaired) electrons.